The van der Waals surface area contributed by atoms with Crippen LogP contribution in [0.2, 0.25) is 0 Å². The highest BCUT2D eigenvalue weighted by Crippen LogP contribution is 2.23. The van der Waals surface area contributed by atoms with E-state index in [2.05, 4.69) is 10.4 Å². The van der Waals surface area contributed by atoms with Gasteiger partial charge >= 0.3 is 0 Å². The number of aliphatic hydroxyl groups excluding tert-OH is 1. The third kappa shape index (κ3) is 4.37. The van der Waals surface area contributed by atoms with Crippen molar-refractivity contribution in [3.8, 4) is 0 Å². The number of piperidine rings is 1. The lowest BCUT2D eigenvalue weighted by Gasteiger charge is -2.29. The average Bonchev–Trinajstić information content (AvgIpc) is 3.12. The van der Waals surface area contributed by atoms with Gasteiger partial charge in [-0.25, -0.2) is 8.42 Å². The molecule has 146 valence electrons. The van der Waals surface area contributed by atoms with E-state index < -0.39 is 22.0 Å². The van der Waals surface area contributed by atoms with Crippen molar-refractivity contribution in [2.24, 2.45) is 0 Å². The number of carbonyl (C=O) groups is 1. The number of amides is 1. The molecule has 27 heavy (non-hydrogen) atoms. The summed E-state index contributed by atoms with van der Waals surface area (Å²) >= 11 is 0. The second-order valence-corrected chi connectivity index (χ2v) is 8.85. The molecule has 0 spiro atoms. The van der Waals surface area contributed by atoms with Crippen LogP contribution in [0.15, 0.2) is 41.4 Å². The lowest BCUT2D eigenvalue weighted by molar-refractivity contribution is 0.102. The summed E-state index contributed by atoms with van der Waals surface area (Å²) in [7, 11) is -3.72. The van der Waals surface area contributed by atoms with Crippen LogP contribution in [0.5, 0.6) is 0 Å². The quantitative estimate of drug-likeness (QED) is 0.808. The number of hydrogen-bond donors (Lipinski definition) is 2. The minimum atomic E-state index is -3.72. The first-order chi connectivity index (χ1) is 12.8. The Morgan fingerprint density at radius 1 is 1.33 bits per heavy atom. The Balaban J connectivity index is 1.77. The molecule has 1 saturated heterocycles. The average molecular weight is 392 g/mol. The van der Waals surface area contributed by atoms with Gasteiger partial charge in [-0.2, -0.15) is 9.40 Å². The first-order valence-corrected chi connectivity index (χ1v) is 10.4. The number of aliphatic hydroxyl groups is 1. The Labute approximate surface area is 158 Å². The largest absolute Gasteiger partial charge is 0.392 e. The van der Waals surface area contributed by atoms with Gasteiger partial charge in [0.1, 0.15) is 0 Å². The van der Waals surface area contributed by atoms with Gasteiger partial charge < -0.3 is 10.4 Å². The molecule has 0 radical (unpaired) electrons. The van der Waals surface area contributed by atoms with Crippen molar-refractivity contribution >= 4 is 21.6 Å². The van der Waals surface area contributed by atoms with Crippen LogP contribution in [-0.2, 0) is 10.0 Å². The van der Waals surface area contributed by atoms with Crippen LogP contribution >= 0.6 is 0 Å². The highest BCUT2D eigenvalue weighted by molar-refractivity contribution is 7.89. The van der Waals surface area contributed by atoms with Gasteiger partial charge in [0.15, 0.2) is 5.69 Å². The maximum absolute atomic E-state index is 12.8. The summed E-state index contributed by atoms with van der Waals surface area (Å²) in [6.45, 7) is 4.38. The molecular weight excluding hydrogens is 368 g/mol. The molecule has 0 unspecified atom stereocenters. The standard InChI is InChI=1S/C18H24N4O4S/c1-13(2)22-10-8-17(20-22)18(24)19-14-5-3-7-16(11-14)27(25,26)21-9-4-6-15(23)12-21/h3,5,7-8,10-11,13,15,23H,4,6,9,12H2,1-2H3,(H,19,24)/t15-/m0/s1. The predicted octanol–water partition coefficient (Wildman–Crippen LogP) is 1.86. The normalized spacial score (nSPS) is 18.6. The van der Waals surface area contributed by atoms with Gasteiger partial charge in [0.25, 0.3) is 5.91 Å². The molecule has 8 nitrogen and oxygen atoms in total. The van der Waals surface area contributed by atoms with Gasteiger partial charge in [-0.3, -0.25) is 9.48 Å². The van der Waals surface area contributed by atoms with Gasteiger partial charge in [-0.05, 0) is 51.0 Å². The molecule has 9 heteroatoms. The molecule has 1 aromatic carbocycles. The van der Waals surface area contributed by atoms with E-state index in [9.17, 15) is 18.3 Å². The van der Waals surface area contributed by atoms with Crippen LogP contribution in [0.25, 0.3) is 0 Å². The smallest absolute Gasteiger partial charge is 0.276 e. The highest BCUT2D eigenvalue weighted by Gasteiger charge is 2.29. The van der Waals surface area contributed by atoms with Crippen molar-refractivity contribution in [2.75, 3.05) is 18.4 Å². The van der Waals surface area contributed by atoms with Crippen LogP contribution in [-0.4, -0.2) is 52.7 Å². The molecular formula is C18H24N4O4S. The topological polar surface area (TPSA) is 105 Å². The Bertz CT molecular complexity index is 923. The second-order valence-electron chi connectivity index (χ2n) is 6.92. The minimum Gasteiger partial charge on any atom is -0.392 e. The van der Waals surface area contributed by atoms with E-state index >= 15 is 0 Å². The van der Waals surface area contributed by atoms with E-state index in [1.807, 2.05) is 13.8 Å². The van der Waals surface area contributed by atoms with Gasteiger partial charge in [0.05, 0.1) is 11.0 Å². The number of nitrogens with zero attached hydrogens (tertiary/aromatic N) is 3. The van der Waals surface area contributed by atoms with E-state index in [1.54, 1.807) is 29.1 Å². The molecule has 2 heterocycles. The molecule has 1 atom stereocenters. The molecule has 2 aromatic rings. The summed E-state index contributed by atoms with van der Waals surface area (Å²) in [5, 5.41) is 16.7. The molecule has 2 N–H and O–H groups in total. The third-order valence-corrected chi connectivity index (χ3v) is 6.32. The summed E-state index contributed by atoms with van der Waals surface area (Å²) in [4.78, 5) is 12.5. The van der Waals surface area contributed by atoms with Crippen LogP contribution in [0.3, 0.4) is 0 Å². The third-order valence-electron chi connectivity index (χ3n) is 4.46. The van der Waals surface area contributed by atoms with Crippen molar-refractivity contribution in [1.29, 1.82) is 0 Å². The van der Waals surface area contributed by atoms with Gasteiger partial charge in [-0.1, -0.05) is 6.07 Å². The van der Waals surface area contributed by atoms with E-state index in [1.165, 1.54) is 16.4 Å². The number of nitrogens with one attached hydrogen (secondary N) is 1. The van der Waals surface area contributed by atoms with Crippen LogP contribution < -0.4 is 5.32 Å². The van der Waals surface area contributed by atoms with Crippen molar-refractivity contribution < 1.29 is 18.3 Å². The number of aromatic nitrogens is 2. The summed E-state index contributed by atoms with van der Waals surface area (Å²) in [5.74, 6) is -0.405. The predicted molar refractivity (Wildman–Crippen MR) is 101 cm³/mol. The number of rotatable bonds is 5. The Morgan fingerprint density at radius 2 is 2.11 bits per heavy atom. The van der Waals surface area contributed by atoms with Gasteiger partial charge in [0.2, 0.25) is 10.0 Å². The molecule has 1 aliphatic rings. The molecule has 0 bridgehead atoms. The highest BCUT2D eigenvalue weighted by atomic mass is 32.2. The number of sulfonamides is 1. The Kier molecular flexibility index (Phi) is 5.64. The summed E-state index contributed by atoms with van der Waals surface area (Å²) in [6.07, 6.45) is 2.30. The van der Waals surface area contributed by atoms with E-state index in [-0.39, 0.29) is 23.2 Å². The van der Waals surface area contributed by atoms with E-state index in [0.29, 0.717) is 25.1 Å². The zero-order chi connectivity index (χ0) is 19.6. The van der Waals surface area contributed by atoms with Crippen LogP contribution in [0.4, 0.5) is 5.69 Å². The summed E-state index contributed by atoms with van der Waals surface area (Å²) in [6, 6.07) is 7.87. The van der Waals surface area contributed by atoms with Crippen LogP contribution in [0, 0.1) is 0 Å². The molecule has 1 aliphatic heterocycles. The number of hydrogen-bond acceptors (Lipinski definition) is 5. The first kappa shape index (κ1) is 19.5. The van der Waals surface area contributed by atoms with Crippen molar-refractivity contribution in [1.82, 2.24) is 14.1 Å². The molecule has 1 fully saturated rings. The van der Waals surface area contributed by atoms with E-state index in [0.717, 1.165) is 0 Å². The zero-order valence-electron chi connectivity index (χ0n) is 15.4. The number of benzene rings is 1. The number of anilines is 1. The zero-order valence-corrected chi connectivity index (χ0v) is 16.2. The maximum atomic E-state index is 12.8. The molecule has 3 rings (SSSR count). The lowest BCUT2D eigenvalue weighted by Crippen LogP contribution is -2.42. The molecule has 0 aliphatic carbocycles. The fourth-order valence-corrected chi connectivity index (χ4v) is 4.53. The van der Waals surface area contributed by atoms with Crippen molar-refractivity contribution in [3.63, 3.8) is 0 Å². The Hall–Kier alpha value is -2.23. The molecule has 1 aromatic heterocycles. The van der Waals surface area contributed by atoms with Crippen LogP contribution in [0.1, 0.15) is 43.2 Å². The number of carbonyl (C=O) groups excluding carboxylic acids is 1. The number of β-amino-alcohol motifs (C(OH)–C–C–N with tert-alkyl or cyclic N) is 1. The maximum Gasteiger partial charge on any atom is 0.276 e. The summed E-state index contributed by atoms with van der Waals surface area (Å²) in [5.41, 5.74) is 0.633. The Morgan fingerprint density at radius 3 is 2.78 bits per heavy atom. The summed E-state index contributed by atoms with van der Waals surface area (Å²) < 4.78 is 28.6. The van der Waals surface area contributed by atoms with E-state index in [4.69, 9.17) is 0 Å². The fraction of sp³-hybridized carbons (Fsp3) is 0.444. The van der Waals surface area contributed by atoms with Crippen molar-refractivity contribution in [2.45, 2.75) is 43.7 Å². The van der Waals surface area contributed by atoms with Gasteiger partial charge in [-0.15, -0.1) is 0 Å². The monoisotopic (exact) mass is 392 g/mol. The molecule has 1 amide bonds. The SMILES string of the molecule is CC(C)n1ccc(C(=O)Nc2cccc(S(=O)(=O)N3CCC[C@H](O)C3)c2)n1. The molecule has 0 saturated carbocycles. The fourth-order valence-electron chi connectivity index (χ4n) is 2.96. The van der Waals surface area contributed by atoms with Gasteiger partial charge in [0, 0.05) is 31.0 Å². The first-order valence-electron chi connectivity index (χ1n) is 8.92. The minimum absolute atomic E-state index is 0.0853. The lowest BCUT2D eigenvalue weighted by atomic mass is 10.1. The second kappa shape index (κ2) is 7.79. The van der Waals surface area contributed by atoms with Crippen molar-refractivity contribution in [3.05, 3.63) is 42.2 Å².